The minimum atomic E-state index is -0.567. The molecule has 0 saturated heterocycles. The molecule has 0 aliphatic carbocycles. The average molecular weight is 383 g/mol. The number of hydrogen-bond donors (Lipinski definition) is 0. The van der Waals surface area contributed by atoms with Crippen LogP contribution in [0.25, 0.3) is 0 Å². The third kappa shape index (κ3) is 3.89. The summed E-state index contributed by atoms with van der Waals surface area (Å²) in [5.41, 5.74) is 12.8. The van der Waals surface area contributed by atoms with Gasteiger partial charge in [-0.25, -0.2) is 0 Å². The molecule has 3 aromatic carbocycles. The first kappa shape index (κ1) is 20.7. The topological polar surface area (TPSA) is 0 Å². The Morgan fingerprint density at radius 1 is 0.607 bits per heavy atom. The lowest BCUT2D eigenvalue weighted by Gasteiger charge is -2.27. The zero-order chi connectivity index (χ0) is 20.6. The third-order valence-corrected chi connectivity index (χ3v) is 7.40. The monoisotopic (exact) mass is 383 g/mol. The van der Waals surface area contributed by atoms with Crippen molar-refractivity contribution in [3.63, 3.8) is 0 Å². The second-order valence-electron chi connectivity index (χ2n) is 8.65. The predicted molar refractivity (Wildman–Crippen MR) is 130 cm³/mol. The molecule has 0 spiro atoms. The van der Waals surface area contributed by atoms with E-state index < -0.39 is 8.80 Å². The quantitative estimate of drug-likeness (QED) is 0.597. The summed E-state index contributed by atoms with van der Waals surface area (Å²) >= 11 is 0. The van der Waals surface area contributed by atoms with Gasteiger partial charge in [-0.2, -0.15) is 0 Å². The average Bonchev–Trinajstić information content (AvgIpc) is 2.58. The van der Waals surface area contributed by atoms with Crippen LogP contribution < -0.4 is 21.6 Å². The largest absolute Gasteiger partial charge is 0.242 e. The predicted octanol–water partition coefficient (Wildman–Crippen LogP) is 4.01. The Hall–Kier alpha value is -2.06. The molecule has 0 atom stereocenters. The van der Waals surface area contributed by atoms with Crippen molar-refractivity contribution in [3.05, 3.63) is 81.9 Å². The van der Waals surface area contributed by atoms with Crippen molar-refractivity contribution in [2.45, 2.75) is 54.6 Å². The second kappa shape index (κ2) is 8.13. The van der Waals surface area contributed by atoms with Crippen molar-refractivity contribution < 1.29 is 0 Å². The van der Waals surface area contributed by atoms with Crippen LogP contribution in [0.2, 0.25) is 13.1 Å². The highest BCUT2D eigenvalue weighted by Gasteiger charge is 2.30. The Morgan fingerprint density at radius 3 is 1.39 bits per heavy atom. The first-order chi connectivity index (χ1) is 13.2. The van der Waals surface area contributed by atoms with Gasteiger partial charge in [-0.1, -0.05) is 117 Å². The minimum Gasteiger partial charge on any atom is -0.0696 e. The molecule has 0 unspecified atom stereocenters. The molecule has 0 heterocycles. The van der Waals surface area contributed by atoms with Gasteiger partial charge in [0.05, 0.1) is 8.80 Å². The maximum absolute atomic E-state index is 2.41. The first-order valence-corrected chi connectivity index (χ1v) is 12.8. The van der Waals surface area contributed by atoms with Gasteiger partial charge in [-0.15, -0.1) is 0 Å². The van der Waals surface area contributed by atoms with E-state index in [2.05, 4.69) is 103 Å². The van der Waals surface area contributed by atoms with Crippen LogP contribution in [0.4, 0.5) is 0 Å². The number of hydrogen-bond acceptors (Lipinski definition) is 0. The van der Waals surface area contributed by atoms with Crippen molar-refractivity contribution in [3.8, 4) is 0 Å². The van der Waals surface area contributed by atoms with Gasteiger partial charge >= 0.3 is 0 Å². The first-order valence-electron chi connectivity index (χ1n) is 10.3. The summed E-state index contributed by atoms with van der Waals surface area (Å²) in [5, 5.41) is 1.55. The van der Waals surface area contributed by atoms with E-state index in [0.29, 0.717) is 0 Å². The SMILES string of the molecule is Cc1cc(C)c(B(c2ccccc2[Si](C)C)c2c(C)cc(C)cc2C)c(C)c1. The highest BCUT2D eigenvalue weighted by Crippen LogP contribution is 2.12. The third-order valence-electron chi connectivity index (χ3n) is 5.86. The minimum absolute atomic E-state index is 0.289. The van der Waals surface area contributed by atoms with Crippen LogP contribution in [0.1, 0.15) is 33.4 Å². The molecular formula is C26H32BSi. The summed E-state index contributed by atoms with van der Waals surface area (Å²) in [6, 6.07) is 18.5. The molecule has 0 bridgehead atoms. The Kier molecular flexibility index (Phi) is 6.00. The Labute approximate surface area is 173 Å². The molecule has 0 saturated carbocycles. The molecular weight excluding hydrogens is 351 g/mol. The van der Waals surface area contributed by atoms with E-state index in [-0.39, 0.29) is 6.71 Å². The zero-order valence-corrected chi connectivity index (χ0v) is 19.7. The van der Waals surface area contributed by atoms with Gasteiger partial charge in [0.2, 0.25) is 6.71 Å². The molecule has 0 amide bonds. The van der Waals surface area contributed by atoms with E-state index in [9.17, 15) is 0 Å². The van der Waals surface area contributed by atoms with E-state index in [0.717, 1.165) is 0 Å². The molecule has 0 N–H and O–H groups in total. The smallest absolute Gasteiger partial charge is 0.0696 e. The van der Waals surface area contributed by atoms with Gasteiger partial charge < -0.3 is 0 Å². The van der Waals surface area contributed by atoms with Crippen LogP contribution in [-0.4, -0.2) is 15.5 Å². The summed E-state index contributed by atoms with van der Waals surface area (Å²) in [7, 11) is -0.567. The van der Waals surface area contributed by atoms with Gasteiger partial charge in [0, 0.05) is 0 Å². The van der Waals surface area contributed by atoms with E-state index in [1.807, 2.05) is 0 Å². The summed E-state index contributed by atoms with van der Waals surface area (Å²) in [6.07, 6.45) is 0. The molecule has 2 heteroatoms. The molecule has 143 valence electrons. The molecule has 0 aromatic heterocycles. The summed E-state index contributed by atoms with van der Waals surface area (Å²) in [5.74, 6) is 0. The van der Waals surface area contributed by atoms with Crippen LogP contribution >= 0.6 is 0 Å². The Balaban J connectivity index is 2.41. The molecule has 0 aliphatic heterocycles. The van der Waals surface area contributed by atoms with Crippen molar-refractivity contribution in [2.75, 3.05) is 0 Å². The van der Waals surface area contributed by atoms with Crippen LogP contribution in [0.15, 0.2) is 48.5 Å². The second-order valence-corrected chi connectivity index (χ2v) is 11.2. The lowest BCUT2D eigenvalue weighted by Crippen LogP contribution is -2.61. The van der Waals surface area contributed by atoms with Gasteiger partial charge in [0.25, 0.3) is 0 Å². The summed E-state index contributed by atoms with van der Waals surface area (Å²) < 4.78 is 0. The maximum atomic E-state index is 2.41. The highest BCUT2D eigenvalue weighted by atomic mass is 28.3. The fraction of sp³-hybridized carbons (Fsp3) is 0.308. The maximum Gasteiger partial charge on any atom is 0.242 e. The van der Waals surface area contributed by atoms with Crippen LogP contribution in [0.3, 0.4) is 0 Å². The summed E-state index contributed by atoms with van der Waals surface area (Å²) in [6.45, 7) is 18.6. The normalized spacial score (nSPS) is 11.2. The molecule has 0 fully saturated rings. The van der Waals surface area contributed by atoms with Crippen molar-refractivity contribution >= 4 is 37.1 Å². The molecule has 3 aromatic rings. The van der Waals surface area contributed by atoms with Gasteiger partial charge in [0.15, 0.2) is 0 Å². The Bertz CT molecular complexity index is 913. The van der Waals surface area contributed by atoms with Crippen LogP contribution in [0, 0.1) is 41.5 Å². The molecule has 0 aliphatic rings. The fourth-order valence-corrected chi connectivity index (χ4v) is 6.19. The standard InChI is InChI=1S/C26H32BSi/c1-17-13-19(3)25(20(4)14-17)27(23-11-9-10-12-24(23)28(7)8)26-21(5)15-18(2)16-22(26)6/h9-16H,1-8H3. The van der Waals surface area contributed by atoms with E-state index >= 15 is 0 Å². The molecule has 1 radical (unpaired) electrons. The van der Waals surface area contributed by atoms with Gasteiger partial charge in [-0.05, 0) is 41.5 Å². The van der Waals surface area contributed by atoms with E-state index in [4.69, 9.17) is 0 Å². The molecule has 0 nitrogen and oxygen atoms in total. The van der Waals surface area contributed by atoms with Crippen molar-refractivity contribution in [1.82, 2.24) is 0 Å². The number of benzene rings is 3. The molecule has 28 heavy (non-hydrogen) atoms. The summed E-state index contributed by atoms with van der Waals surface area (Å²) in [4.78, 5) is 0. The lowest BCUT2D eigenvalue weighted by atomic mass is 9.34. The van der Waals surface area contributed by atoms with Crippen molar-refractivity contribution in [2.24, 2.45) is 0 Å². The fourth-order valence-electron chi connectivity index (χ4n) is 4.95. The van der Waals surface area contributed by atoms with Gasteiger partial charge in [-0.3, -0.25) is 0 Å². The Morgan fingerprint density at radius 2 is 1.00 bits per heavy atom. The zero-order valence-electron chi connectivity index (χ0n) is 18.7. The lowest BCUT2D eigenvalue weighted by molar-refractivity contribution is 1.34. The van der Waals surface area contributed by atoms with Gasteiger partial charge in [0.1, 0.15) is 0 Å². The van der Waals surface area contributed by atoms with Crippen LogP contribution in [-0.2, 0) is 0 Å². The number of aryl methyl sites for hydroxylation is 6. The van der Waals surface area contributed by atoms with Crippen molar-refractivity contribution in [1.29, 1.82) is 0 Å². The van der Waals surface area contributed by atoms with E-state index in [1.54, 1.807) is 5.19 Å². The molecule has 3 rings (SSSR count). The highest BCUT2D eigenvalue weighted by molar-refractivity contribution is 6.99. The van der Waals surface area contributed by atoms with E-state index in [1.165, 1.54) is 49.8 Å². The van der Waals surface area contributed by atoms with Crippen LogP contribution in [0.5, 0.6) is 0 Å². The number of rotatable bonds is 4.